The molecule has 1 heterocycles. The summed E-state index contributed by atoms with van der Waals surface area (Å²) < 4.78 is 5.27. The summed E-state index contributed by atoms with van der Waals surface area (Å²) in [6.45, 7) is 8.56. The first kappa shape index (κ1) is 19.7. The Labute approximate surface area is 166 Å². The van der Waals surface area contributed by atoms with Crippen LogP contribution in [0.5, 0.6) is 5.75 Å². The van der Waals surface area contributed by atoms with Gasteiger partial charge in [0.2, 0.25) is 0 Å². The van der Waals surface area contributed by atoms with Gasteiger partial charge < -0.3 is 15.0 Å². The molecule has 0 spiro atoms. The Kier molecular flexibility index (Phi) is 6.51. The van der Waals surface area contributed by atoms with Crippen LogP contribution in [0.2, 0.25) is 0 Å². The van der Waals surface area contributed by atoms with Gasteiger partial charge in [-0.2, -0.15) is 5.26 Å². The van der Waals surface area contributed by atoms with Crippen LogP contribution in [0.4, 0.5) is 11.4 Å². The molecule has 0 bridgehead atoms. The highest BCUT2D eigenvalue weighted by molar-refractivity contribution is 6.04. The average Bonchev–Trinajstić information content (AvgIpc) is 2.72. The molecule has 2 aromatic carbocycles. The highest BCUT2D eigenvalue weighted by atomic mass is 16.5. The minimum Gasteiger partial charge on any atom is -0.479 e. The number of nitrogens with one attached hydrogen (secondary N) is 1. The molecular weight excluding hydrogens is 352 g/mol. The predicted octanol–water partition coefficient (Wildman–Crippen LogP) is 3.37. The van der Waals surface area contributed by atoms with Crippen LogP contribution >= 0.6 is 0 Å². The van der Waals surface area contributed by atoms with Crippen LogP contribution in [0.15, 0.2) is 48.5 Å². The lowest BCUT2D eigenvalue weighted by atomic mass is 10.1. The molecule has 1 aliphatic rings. The highest BCUT2D eigenvalue weighted by Gasteiger charge is 2.19. The number of rotatable bonds is 6. The van der Waals surface area contributed by atoms with Crippen molar-refractivity contribution in [3.63, 3.8) is 0 Å². The summed E-state index contributed by atoms with van der Waals surface area (Å²) >= 11 is 0. The molecule has 6 heteroatoms. The molecule has 2 aromatic rings. The number of carbonyl (C=O) groups is 1. The van der Waals surface area contributed by atoms with Gasteiger partial charge in [-0.1, -0.05) is 6.07 Å². The Morgan fingerprint density at radius 1 is 1.14 bits per heavy atom. The molecule has 0 atom stereocenters. The number of carbonyl (C=O) groups excluding carboxylic acids is 1. The summed E-state index contributed by atoms with van der Waals surface area (Å²) in [6, 6.07) is 17.3. The lowest BCUT2D eigenvalue weighted by molar-refractivity contribution is 0.102. The van der Waals surface area contributed by atoms with Gasteiger partial charge in [-0.15, -0.1) is 0 Å². The van der Waals surface area contributed by atoms with Crippen molar-refractivity contribution < 1.29 is 9.53 Å². The maximum absolute atomic E-state index is 12.5. The summed E-state index contributed by atoms with van der Waals surface area (Å²) in [5.74, 6) is 0.379. The molecule has 0 saturated carbocycles. The summed E-state index contributed by atoms with van der Waals surface area (Å²) in [5, 5.41) is 11.5. The van der Waals surface area contributed by atoms with Crippen molar-refractivity contribution in [3.8, 4) is 11.8 Å². The number of hydrogen-bond acceptors (Lipinski definition) is 5. The third-order valence-electron chi connectivity index (χ3n) is 4.93. The van der Waals surface area contributed by atoms with Crippen LogP contribution in [0.25, 0.3) is 0 Å². The molecule has 146 valence electrons. The van der Waals surface area contributed by atoms with E-state index in [1.165, 1.54) is 0 Å². The smallest absolute Gasteiger partial charge is 0.255 e. The molecule has 1 N–H and O–H groups in total. The van der Waals surface area contributed by atoms with E-state index < -0.39 is 0 Å². The van der Waals surface area contributed by atoms with Crippen molar-refractivity contribution in [1.82, 2.24) is 4.90 Å². The summed E-state index contributed by atoms with van der Waals surface area (Å²) in [5.41, 5.74) is 2.38. The Hall–Kier alpha value is -3.04. The summed E-state index contributed by atoms with van der Waals surface area (Å²) in [4.78, 5) is 17.4. The van der Waals surface area contributed by atoms with Gasteiger partial charge in [0.1, 0.15) is 11.8 Å². The van der Waals surface area contributed by atoms with E-state index in [2.05, 4.69) is 29.0 Å². The molecule has 28 heavy (non-hydrogen) atoms. The van der Waals surface area contributed by atoms with E-state index in [-0.39, 0.29) is 12.5 Å². The number of ether oxygens (including phenoxy) is 1. The molecule has 0 radical (unpaired) electrons. The van der Waals surface area contributed by atoms with Crippen molar-refractivity contribution in [2.45, 2.75) is 19.9 Å². The number of nitriles is 1. The Balaban J connectivity index is 1.59. The monoisotopic (exact) mass is 378 g/mol. The minimum atomic E-state index is -0.173. The highest BCUT2D eigenvalue weighted by Crippen LogP contribution is 2.20. The maximum atomic E-state index is 12.5. The number of nitrogens with zero attached hydrogens (tertiary/aromatic N) is 3. The molecule has 1 saturated heterocycles. The first-order valence-electron chi connectivity index (χ1n) is 9.57. The van der Waals surface area contributed by atoms with Gasteiger partial charge in [0.05, 0.1) is 0 Å². The second-order valence-corrected chi connectivity index (χ2v) is 7.09. The topological polar surface area (TPSA) is 68.6 Å². The molecule has 0 aliphatic carbocycles. The number of benzene rings is 2. The number of anilines is 2. The van der Waals surface area contributed by atoms with Crippen LogP contribution in [-0.2, 0) is 0 Å². The van der Waals surface area contributed by atoms with Crippen LogP contribution in [-0.4, -0.2) is 49.6 Å². The van der Waals surface area contributed by atoms with Gasteiger partial charge in [0, 0.05) is 55.2 Å². The average molecular weight is 378 g/mol. The van der Waals surface area contributed by atoms with Crippen molar-refractivity contribution in [2.75, 3.05) is 43.0 Å². The first-order valence-corrected chi connectivity index (χ1v) is 9.57. The quantitative estimate of drug-likeness (QED) is 0.835. The number of amides is 1. The lowest BCUT2D eigenvalue weighted by Crippen LogP contribution is -2.48. The van der Waals surface area contributed by atoms with Crippen molar-refractivity contribution >= 4 is 17.3 Å². The SMILES string of the molecule is CC(C)N1CCN(c2ccc(C(=O)Nc3cccc(OCC#N)c3)cc2)CC1. The van der Waals surface area contributed by atoms with E-state index in [1.807, 2.05) is 30.3 Å². The van der Waals surface area contributed by atoms with E-state index in [4.69, 9.17) is 10.00 Å². The van der Waals surface area contributed by atoms with E-state index in [0.717, 1.165) is 31.9 Å². The van der Waals surface area contributed by atoms with Crippen molar-refractivity contribution in [3.05, 3.63) is 54.1 Å². The molecule has 1 aliphatic heterocycles. The van der Waals surface area contributed by atoms with Gasteiger partial charge in [-0.25, -0.2) is 0 Å². The molecular formula is C22H26N4O2. The van der Waals surface area contributed by atoms with Gasteiger partial charge in [0.25, 0.3) is 5.91 Å². The van der Waals surface area contributed by atoms with Crippen molar-refractivity contribution in [2.24, 2.45) is 0 Å². The Morgan fingerprint density at radius 2 is 1.86 bits per heavy atom. The van der Waals surface area contributed by atoms with Gasteiger partial charge in [-0.05, 0) is 50.2 Å². The van der Waals surface area contributed by atoms with E-state index in [9.17, 15) is 4.79 Å². The van der Waals surface area contributed by atoms with Gasteiger partial charge in [-0.3, -0.25) is 9.69 Å². The molecule has 0 aromatic heterocycles. The zero-order chi connectivity index (χ0) is 19.9. The second kappa shape index (κ2) is 9.25. The molecule has 0 unspecified atom stereocenters. The molecule has 6 nitrogen and oxygen atoms in total. The standard InChI is InChI=1S/C22H26N4O2/c1-17(2)25-11-13-26(14-12-25)20-8-6-18(7-9-20)22(27)24-19-4-3-5-21(16-19)28-15-10-23/h3-9,16-17H,11-15H2,1-2H3,(H,24,27). The van der Waals surface area contributed by atoms with E-state index in [0.29, 0.717) is 23.0 Å². The zero-order valence-electron chi connectivity index (χ0n) is 16.4. The third kappa shape index (κ3) is 5.02. The number of piperazine rings is 1. The lowest BCUT2D eigenvalue weighted by Gasteiger charge is -2.38. The predicted molar refractivity (Wildman–Crippen MR) is 111 cm³/mol. The van der Waals surface area contributed by atoms with Crippen LogP contribution < -0.4 is 15.0 Å². The molecule has 1 amide bonds. The zero-order valence-corrected chi connectivity index (χ0v) is 16.4. The minimum absolute atomic E-state index is 0.0235. The summed E-state index contributed by atoms with van der Waals surface area (Å²) in [6.07, 6.45) is 0. The third-order valence-corrected chi connectivity index (χ3v) is 4.93. The Bertz CT molecular complexity index is 834. The molecule has 1 fully saturated rings. The summed E-state index contributed by atoms with van der Waals surface area (Å²) in [7, 11) is 0. The largest absolute Gasteiger partial charge is 0.479 e. The van der Waals surface area contributed by atoms with Crippen LogP contribution in [0, 0.1) is 11.3 Å². The fourth-order valence-electron chi connectivity index (χ4n) is 3.30. The fraction of sp³-hybridized carbons (Fsp3) is 0.364. The van der Waals surface area contributed by atoms with Gasteiger partial charge in [0.15, 0.2) is 6.61 Å². The Morgan fingerprint density at radius 3 is 2.50 bits per heavy atom. The first-order chi connectivity index (χ1) is 13.6. The second-order valence-electron chi connectivity index (χ2n) is 7.09. The maximum Gasteiger partial charge on any atom is 0.255 e. The van der Waals surface area contributed by atoms with Gasteiger partial charge >= 0.3 is 0 Å². The number of hydrogen-bond donors (Lipinski definition) is 1. The normalized spacial score (nSPS) is 14.6. The van der Waals surface area contributed by atoms with Crippen molar-refractivity contribution in [1.29, 1.82) is 5.26 Å². The fourth-order valence-corrected chi connectivity index (χ4v) is 3.30. The van der Waals surface area contributed by atoms with E-state index in [1.54, 1.807) is 24.3 Å². The molecule has 3 rings (SSSR count). The van der Waals surface area contributed by atoms with Crippen LogP contribution in [0.3, 0.4) is 0 Å². The van der Waals surface area contributed by atoms with Crippen LogP contribution in [0.1, 0.15) is 24.2 Å². The van der Waals surface area contributed by atoms with E-state index >= 15 is 0 Å².